The molecule has 0 bridgehead atoms. The Morgan fingerprint density at radius 2 is 1.92 bits per heavy atom. The average molecular weight is 516 g/mol. The van der Waals surface area contributed by atoms with Gasteiger partial charge in [-0.3, -0.25) is 18.6 Å². The Morgan fingerprint density at radius 1 is 1.25 bits per heavy atom. The van der Waals surface area contributed by atoms with Crippen LogP contribution in [-0.2, 0) is 16.1 Å². The number of rotatable bonds is 6. The van der Waals surface area contributed by atoms with Crippen LogP contribution < -0.4 is 15.8 Å². The van der Waals surface area contributed by atoms with Crippen LogP contribution in [0.25, 0.3) is 17.0 Å². The summed E-state index contributed by atoms with van der Waals surface area (Å²) in [6.07, 6.45) is 0.941. The first-order valence-electron chi connectivity index (χ1n) is 11.8. The number of carboxylic acids is 1. The highest BCUT2D eigenvalue weighted by Gasteiger charge is 2.41. The number of nitrogens with zero attached hydrogens (tertiary/aromatic N) is 4. The normalized spacial score (nSPS) is 19.0. The summed E-state index contributed by atoms with van der Waals surface area (Å²) < 4.78 is 3.25. The van der Waals surface area contributed by atoms with Crippen LogP contribution in [0.1, 0.15) is 34.1 Å². The summed E-state index contributed by atoms with van der Waals surface area (Å²) in [5.41, 5.74) is 0.328. The lowest BCUT2D eigenvalue weighted by molar-refractivity contribution is -0.145. The molecule has 10 nitrogen and oxygen atoms in total. The molecule has 11 heteroatoms. The Morgan fingerprint density at radius 3 is 2.50 bits per heavy atom. The van der Waals surface area contributed by atoms with E-state index in [1.165, 1.54) is 10.5 Å². The second-order valence-corrected chi connectivity index (χ2v) is 10.5. The second kappa shape index (κ2) is 9.59. The largest absolute Gasteiger partial charge is 0.480 e. The Kier molecular flexibility index (Phi) is 6.85. The fraction of sp³-hybridized carbons (Fsp3) is 0.440. The second-order valence-electron chi connectivity index (χ2n) is 10.1. The van der Waals surface area contributed by atoms with Gasteiger partial charge in [0.05, 0.1) is 11.8 Å². The first-order chi connectivity index (χ1) is 16.9. The number of imidazole rings is 1. The van der Waals surface area contributed by atoms with Gasteiger partial charge in [-0.15, -0.1) is 0 Å². The number of amides is 1. The number of carbonyl (C=O) groups excluding carboxylic acids is 1. The number of aliphatic hydroxyl groups is 1. The molecule has 1 fully saturated rings. The summed E-state index contributed by atoms with van der Waals surface area (Å²) in [5, 5.41) is 23.3. The van der Waals surface area contributed by atoms with Gasteiger partial charge in [0.2, 0.25) is 11.7 Å². The molecule has 3 heterocycles. The number of carbonyl (C=O) groups is 2. The fourth-order valence-electron chi connectivity index (χ4n) is 4.59. The predicted molar refractivity (Wildman–Crippen MR) is 136 cm³/mol. The number of aryl methyl sites for hydroxylation is 1. The SMILES string of the molecule is CCn1c(N2C[C@H](O)C[C@H]2C(=O)N[C@H](C(=O)O)C(C)(C)C)cc(=O)n2cc(-c3ccc(Cl)cc3)nc12. The van der Waals surface area contributed by atoms with Crippen molar-refractivity contribution in [2.75, 3.05) is 11.4 Å². The summed E-state index contributed by atoms with van der Waals surface area (Å²) in [5.74, 6) is -0.833. The van der Waals surface area contributed by atoms with Crippen LogP contribution in [0.15, 0.2) is 41.3 Å². The lowest BCUT2D eigenvalue weighted by atomic mass is 9.86. The molecule has 192 valence electrons. The topological polar surface area (TPSA) is 129 Å². The summed E-state index contributed by atoms with van der Waals surface area (Å²) in [4.78, 5) is 44.5. The van der Waals surface area contributed by atoms with Crippen molar-refractivity contribution in [2.24, 2.45) is 5.41 Å². The number of anilines is 1. The Hall–Kier alpha value is -3.37. The number of nitrogens with one attached hydrogen (secondary N) is 1. The number of hydrogen-bond donors (Lipinski definition) is 3. The van der Waals surface area contributed by atoms with Gasteiger partial charge in [0.1, 0.15) is 17.9 Å². The summed E-state index contributed by atoms with van der Waals surface area (Å²) in [6, 6.07) is 6.57. The van der Waals surface area contributed by atoms with Crippen molar-refractivity contribution in [3.63, 3.8) is 0 Å². The molecule has 4 rings (SSSR count). The number of aromatic nitrogens is 3. The third-order valence-corrected chi connectivity index (χ3v) is 6.68. The lowest BCUT2D eigenvalue weighted by Crippen LogP contribution is -2.54. The molecule has 1 amide bonds. The number of β-amino-alcohol motifs (C(OH)–C–C–N with tert-alkyl or cyclic N) is 1. The van der Waals surface area contributed by atoms with Gasteiger partial charge in [-0.2, -0.15) is 0 Å². The first kappa shape index (κ1) is 25.7. The van der Waals surface area contributed by atoms with Crippen LogP contribution in [-0.4, -0.2) is 60.8 Å². The van der Waals surface area contributed by atoms with E-state index in [-0.39, 0.29) is 18.5 Å². The molecular formula is C25H30ClN5O5. The monoisotopic (exact) mass is 515 g/mol. The van der Waals surface area contributed by atoms with Crippen LogP contribution in [0, 0.1) is 5.41 Å². The molecule has 3 N–H and O–H groups in total. The molecule has 1 aliphatic heterocycles. The molecule has 36 heavy (non-hydrogen) atoms. The fourth-order valence-corrected chi connectivity index (χ4v) is 4.71. The minimum absolute atomic E-state index is 0.107. The minimum atomic E-state index is -1.14. The average Bonchev–Trinajstić information content (AvgIpc) is 3.41. The molecule has 0 radical (unpaired) electrons. The van der Waals surface area contributed by atoms with E-state index < -0.39 is 35.5 Å². The smallest absolute Gasteiger partial charge is 0.326 e. The van der Waals surface area contributed by atoms with E-state index >= 15 is 0 Å². The molecule has 0 spiro atoms. The van der Waals surface area contributed by atoms with E-state index in [9.17, 15) is 24.6 Å². The Labute approximate surface area is 213 Å². The van der Waals surface area contributed by atoms with E-state index in [0.29, 0.717) is 28.9 Å². The van der Waals surface area contributed by atoms with Crippen LogP contribution in [0.5, 0.6) is 0 Å². The third-order valence-electron chi connectivity index (χ3n) is 6.43. The van der Waals surface area contributed by atoms with Crippen molar-refractivity contribution in [3.05, 3.63) is 51.9 Å². The zero-order chi connectivity index (χ0) is 26.4. The third kappa shape index (κ3) is 4.83. The van der Waals surface area contributed by atoms with Crippen LogP contribution >= 0.6 is 11.6 Å². The van der Waals surface area contributed by atoms with E-state index in [1.807, 2.05) is 19.1 Å². The number of hydrogen-bond acceptors (Lipinski definition) is 6. The number of carboxylic acid groups (broad SMARTS) is 1. The van der Waals surface area contributed by atoms with Gasteiger partial charge >= 0.3 is 5.97 Å². The van der Waals surface area contributed by atoms with E-state index in [4.69, 9.17) is 11.6 Å². The minimum Gasteiger partial charge on any atom is -0.480 e. The van der Waals surface area contributed by atoms with E-state index in [1.54, 1.807) is 48.6 Å². The molecular weight excluding hydrogens is 486 g/mol. The zero-order valence-corrected chi connectivity index (χ0v) is 21.4. The van der Waals surface area contributed by atoms with Crippen molar-refractivity contribution in [3.8, 4) is 11.3 Å². The number of halogens is 1. The Balaban J connectivity index is 1.75. The molecule has 1 aliphatic rings. The van der Waals surface area contributed by atoms with Gasteiger partial charge in [-0.25, -0.2) is 9.78 Å². The molecule has 3 atom stereocenters. The summed E-state index contributed by atoms with van der Waals surface area (Å²) in [6.45, 7) is 7.64. The number of benzene rings is 1. The maximum absolute atomic E-state index is 13.3. The van der Waals surface area contributed by atoms with Crippen molar-refractivity contribution in [1.29, 1.82) is 0 Å². The van der Waals surface area contributed by atoms with E-state index in [2.05, 4.69) is 10.3 Å². The quantitative estimate of drug-likeness (QED) is 0.459. The lowest BCUT2D eigenvalue weighted by Gasteiger charge is -2.32. The Bertz CT molecular complexity index is 1360. The van der Waals surface area contributed by atoms with Gasteiger partial charge in [0.15, 0.2) is 0 Å². The van der Waals surface area contributed by atoms with Gasteiger partial charge < -0.3 is 20.4 Å². The number of aliphatic carboxylic acids is 1. The molecule has 0 saturated carbocycles. The van der Waals surface area contributed by atoms with E-state index in [0.717, 1.165) is 5.56 Å². The summed E-state index contributed by atoms with van der Waals surface area (Å²) >= 11 is 6.00. The van der Waals surface area contributed by atoms with Crippen LogP contribution in [0.3, 0.4) is 0 Å². The van der Waals surface area contributed by atoms with Gasteiger partial charge in [0, 0.05) is 42.4 Å². The highest BCUT2D eigenvalue weighted by atomic mass is 35.5. The maximum Gasteiger partial charge on any atom is 0.326 e. The predicted octanol–water partition coefficient (Wildman–Crippen LogP) is 2.39. The molecule has 1 saturated heterocycles. The molecule has 2 aromatic heterocycles. The standard InChI is InChI=1S/C25H30ClN5O5/c1-5-29-19(11-20(33)31-13-17(27-24(29)31)14-6-8-15(26)9-7-14)30-12-16(32)10-18(30)22(34)28-21(23(35)36)25(2,3)4/h6-9,11,13,16,18,21,32H,5,10,12H2,1-4H3,(H,28,34)(H,35,36)/t16-,18+,21-/m1/s1. The zero-order valence-electron chi connectivity index (χ0n) is 20.6. The van der Waals surface area contributed by atoms with Crippen LogP contribution in [0.2, 0.25) is 5.02 Å². The highest BCUT2D eigenvalue weighted by Crippen LogP contribution is 2.29. The first-order valence-corrected chi connectivity index (χ1v) is 12.1. The summed E-state index contributed by atoms with van der Waals surface area (Å²) in [7, 11) is 0. The molecule has 0 unspecified atom stereocenters. The maximum atomic E-state index is 13.3. The van der Waals surface area contributed by atoms with Crippen molar-refractivity contribution >= 4 is 35.1 Å². The number of aliphatic hydroxyl groups excluding tert-OH is 1. The molecule has 0 aliphatic carbocycles. The molecule has 1 aromatic carbocycles. The van der Waals surface area contributed by atoms with Crippen molar-refractivity contribution in [2.45, 2.75) is 58.8 Å². The van der Waals surface area contributed by atoms with Gasteiger partial charge in [-0.1, -0.05) is 44.5 Å². The van der Waals surface area contributed by atoms with Crippen molar-refractivity contribution < 1.29 is 19.8 Å². The number of fused-ring (bicyclic) bond motifs is 1. The van der Waals surface area contributed by atoms with Gasteiger partial charge in [-0.05, 0) is 24.5 Å². The van der Waals surface area contributed by atoms with Crippen molar-refractivity contribution in [1.82, 2.24) is 19.3 Å². The highest BCUT2D eigenvalue weighted by molar-refractivity contribution is 6.30. The molecule has 3 aromatic rings. The van der Waals surface area contributed by atoms with Crippen LogP contribution in [0.4, 0.5) is 5.82 Å². The van der Waals surface area contributed by atoms with Gasteiger partial charge in [0.25, 0.3) is 5.56 Å².